The molecule has 7 heteroatoms. The molecule has 0 atom stereocenters. The molecule has 0 saturated carbocycles. The van der Waals surface area contributed by atoms with Crippen molar-refractivity contribution in [3.8, 4) is 0 Å². The number of alkyl halides is 3. The van der Waals surface area contributed by atoms with Crippen molar-refractivity contribution < 1.29 is 26.4 Å². The van der Waals surface area contributed by atoms with Crippen molar-refractivity contribution in [1.82, 2.24) is 0 Å². The zero-order chi connectivity index (χ0) is 14.7. The minimum atomic E-state index is -4.51. The highest BCUT2D eigenvalue weighted by Crippen LogP contribution is 2.29. The number of hydrogen-bond donors (Lipinski definition) is 0. The van der Waals surface area contributed by atoms with Crippen LogP contribution in [0.25, 0.3) is 0 Å². The van der Waals surface area contributed by atoms with Crippen molar-refractivity contribution in [2.24, 2.45) is 0 Å². The van der Waals surface area contributed by atoms with Crippen molar-refractivity contribution >= 4 is 15.6 Å². The molecular weight excluding hydrogens is 281 g/mol. The van der Waals surface area contributed by atoms with Crippen LogP contribution in [0.5, 0.6) is 0 Å². The van der Waals surface area contributed by atoms with Crippen LogP contribution in [0.3, 0.4) is 0 Å². The molecule has 106 valence electrons. The van der Waals surface area contributed by atoms with Gasteiger partial charge >= 0.3 is 6.18 Å². The fraction of sp³-hybridized carbons (Fsp3) is 0.417. The fourth-order valence-corrected chi connectivity index (χ4v) is 2.78. The maximum absolute atomic E-state index is 12.3. The number of hydrogen-bond acceptors (Lipinski definition) is 3. The van der Waals surface area contributed by atoms with Crippen LogP contribution in [-0.4, -0.2) is 20.0 Å². The second-order valence-electron chi connectivity index (χ2n) is 4.07. The van der Waals surface area contributed by atoms with Gasteiger partial charge in [0.25, 0.3) is 0 Å². The summed E-state index contributed by atoms with van der Waals surface area (Å²) in [5.41, 5.74) is -0.925. The maximum Gasteiger partial charge on any atom is 0.416 e. The number of carbonyl (C=O) groups excluding carboxylic acids is 1. The SMILES string of the molecule is CCCC(=O)CS(=O)(=O)c1ccc(C(F)(F)F)cc1. The molecule has 19 heavy (non-hydrogen) atoms. The predicted octanol–water partition coefficient (Wildman–Crippen LogP) is 2.85. The Balaban J connectivity index is 2.94. The molecule has 0 heterocycles. The molecule has 3 nitrogen and oxygen atoms in total. The van der Waals surface area contributed by atoms with E-state index in [-0.39, 0.29) is 11.3 Å². The van der Waals surface area contributed by atoms with E-state index < -0.39 is 33.1 Å². The second-order valence-corrected chi connectivity index (χ2v) is 6.06. The van der Waals surface area contributed by atoms with E-state index in [0.29, 0.717) is 18.6 Å². The van der Waals surface area contributed by atoms with Crippen LogP contribution in [0.1, 0.15) is 25.3 Å². The number of benzene rings is 1. The summed E-state index contributed by atoms with van der Waals surface area (Å²) in [5, 5.41) is 0. The Bertz CT molecular complexity index is 545. The standard InChI is InChI=1S/C12H13F3O3S/c1-2-3-10(16)8-19(17,18)11-6-4-9(5-7-11)12(13,14)15/h4-7H,2-3,8H2,1H3. The normalized spacial score (nSPS) is 12.4. The quantitative estimate of drug-likeness (QED) is 0.839. The highest BCUT2D eigenvalue weighted by atomic mass is 32.2. The monoisotopic (exact) mass is 294 g/mol. The lowest BCUT2D eigenvalue weighted by Crippen LogP contribution is -2.16. The Hall–Kier alpha value is -1.37. The van der Waals surface area contributed by atoms with E-state index in [1.54, 1.807) is 6.92 Å². The van der Waals surface area contributed by atoms with Gasteiger partial charge in [0.05, 0.1) is 10.5 Å². The van der Waals surface area contributed by atoms with Crippen LogP contribution < -0.4 is 0 Å². The van der Waals surface area contributed by atoms with E-state index in [1.165, 1.54) is 0 Å². The smallest absolute Gasteiger partial charge is 0.299 e. The van der Waals surface area contributed by atoms with Crippen molar-refractivity contribution in [3.63, 3.8) is 0 Å². The molecular formula is C12H13F3O3S. The van der Waals surface area contributed by atoms with Crippen molar-refractivity contribution in [1.29, 1.82) is 0 Å². The Kier molecular flexibility index (Phi) is 4.73. The first-order chi connectivity index (χ1) is 8.66. The topological polar surface area (TPSA) is 51.2 Å². The number of rotatable bonds is 5. The zero-order valence-corrected chi connectivity index (χ0v) is 11.0. The number of carbonyl (C=O) groups is 1. The van der Waals surface area contributed by atoms with Gasteiger partial charge in [0.1, 0.15) is 11.5 Å². The highest BCUT2D eigenvalue weighted by Gasteiger charge is 2.30. The van der Waals surface area contributed by atoms with Crippen LogP contribution in [0, 0.1) is 0 Å². The first-order valence-electron chi connectivity index (χ1n) is 5.58. The van der Waals surface area contributed by atoms with E-state index in [4.69, 9.17) is 0 Å². The molecule has 0 aromatic heterocycles. The van der Waals surface area contributed by atoms with Gasteiger partial charge in [-0.2, -0.15) is 13.2 Å². The molecule has 0 unspecified atom stereocenters. The van der Waals surface area contributed by atoms with Gasteiger partial charge in [-0.15, -0.1) is 0 Å². The Labute approximate surface area is 109 Å². The van der Waals surface area contributed by atoms with Gasteiger partial charge in [0.2, 0.25) is 0 Å². The summed E-state index contributed by atoms with van der Waals surface area (Å²) in [6.07, 6.45) is -3.85. The molecule has 0 aliphatic carbocycles. The molecule has 0 N–H and O–H groups in total. The molecule has 0 amide bonds. The molecule has 0 aliphatic rings. The van der Waals surface area contributed by atoms with Crippen molar-refractivity contribution in [2.45, 2.75) is 30.8 Å². The van der Waals surface area contributed by atoms with Crippen LogP contribution in [0.2, 0.25) is 0 Å². The van der Waals surface area contributed by atoms with Gasteiger partial charge in [0.15, 0.2) is 9.84 Å². The number of sulfone groups is 1. The van der Waals surface area contributed by atoms with Crippen molar-refractivity contribution in [3.05, 3.63) is 29.8 Å². The maximum atomic E-state index is 12.3. The minimum Gasteiger partial charge on any atom is -0.299 e. The highest BCUT2D eigenvalue weighted by molar-refractivity contribution is 7.92. The lowest BCUT2D eigenvalue weighted by atomic mass is 10.2. The molecule has 1 aromatic rings. The van der Waals surface area contributed by atoms with Gasteiger partial charge < -0.3 is 0 Å². The van der Waals surface area contributed by atoms with E-state index >= 15 is 0 Å². The Morgan fingerprint density at radius 2 is 1.68 bits per heavy atom. The van der Waals surface area contributed by atoms with Gasteiger partial charge in [0, 0.05) is 6.42 Å². The van der Waals surface area contributed by atoms with Gasteiger partial charge in [-0.1, -0.05) is 6.92 Å². The van der Waals surface area contributed by atoms with Gasteiger partial charge in [-0.25, -0.2) is 8.42 Å². The summed E-state index contributed by atoms with van der Waals surface area (Å²) in [6.45, 7) is 1.74. The number of halogens is 3. The van der Waals surface area contributed by atoms with E-state index in [9.17, 15) is 26.4 Å². The summed E-state index contributed by atoms with van der Waals surface area (Å²) < 4.78 is 60.5. The van der Waals surface area contributed by atoms with Gasteiger partial charge in [-0.05, 0) is 30.7 Å². The molecule has 1 aromatic carbocycles. The average molecular weight is 294 g/mol. The molecule has 0 saturated heterocycles. The first kappa shape index (κ1) is 15.7. The fourth-order valence-electron chi connectivity index (χ4n) is 1.50. The average Bonchev–Trinajstić information content (AvgIpc) is 2.27. The Morgan fingerprint density at radius 3 is 2.11 bits per heavy atom. The van der Waals surface area contributed by atoms with Crippen LogP contribution in [-0.2, 0) is 20.8 Å². The number of Topliss-reactive ketones (excluding diaryl/α,β-unsaturated/α-hetero) is 1. The minimum absolute atomic E-state index is 0.139. The van der Waals surface area contributed by atoms with Gasteiger partial charge in [-0.3, -0.25) is 4.79 Å². The van der Waals surface area contributed by atoms with E-state index in [2.05, 4.69) is 0 Å². The summed E-state index contributed by atoms with van der Waals surface area (Å²) in [7, 11) is -3.86. The summed E-state index contributed by atoms with van der Waals surface area (Å²) in [6, 6.07) is 3.13. The molecule has 0 spiro atoms. The summed E-state index contributed by atoms with van der Waals surface area (Å²) >= 11 is 0. The largest absolute Gasteiger partial charge is 0.416 e. The van der Waals surface area contributed by atoms with E-state index in [1.807, 2.05) is 0 Å². The molecule has 0 fully saturated rings. The molecule has 0 bridgehead atoms. The third-order valence-corrected chi connectivity index (χ3v) is 4.11. The summed E-state index contributed by atoms with van der Waals surface area (Å²) in [4.78, 5) is 11.0. The first-order valence-corrected chi connectivity index (χ1v) is 7.24. The Morgan fingerprint density at radius 1 is 1.16 bits per heavy atom. The zero-order valence-electron chi connectivity index (χ0n) is 10.2. The summed E-state index contributed by atoms with van der Waals surface area (Å²) in [5.74, 6) is -1.12. The number of ketones is 1. The lowest BCUT2D eigenvalue weighted by molar-refractivity contribution is -0.137. The van der Waals surface area contributed by atoms with Crippen LogP contribution in [0.4, 0.5) is 13.2 Å². The second kappa shape index (κ2) is 5.73. The molecule has 0 radical (unpaired) electrons. The predicted molar refractivity (Wildman–Crippen MR) is 63.4 cm³/mol. The van der Waals surface area contributed by atoms with Crippen LogP contribution in [0.15, 0.2) is 29.2 Å². The van der Waals surface area contributed by atoms with Crippen LogP contribution >= 0.6 is 0 Å². The van der Waals surface area contributed by atoms with E-state index in [0.717, 1.165) is 12.1 Å². The molecule has 0 aliphatic heterocycles. The molecule has 1 rings (SSSR count). The van der Waals surface area contributed by atoms with Crippen molar-refractivity contribution in [2.75, 3.05) is 5.75 Å². The lowest BCUT2D eigenvalue weighted by Gasteiger charge is -2.08. The third kappa shape index (κ3) is 4.34. The third-order valence-electron chi connectivity index (χ3n) is 2.42.